The molecule has 0 heterocycles. The van der Waals surface area contributed by atoms with Gasteiger partial charge in [0, 0.05) is 0 Å². The van der Waals surface area contributed by atoms with Gasteiger partial charge in [0.25, 0.3) is 0 Å². The smallest absolute Gasteiger partial charge is 1.00 e. The van der Waals surface area contributed by atoms with Crippen LogP contribution in [0.5, 0.6) is 0 Å². The molecule has 0 unspecified atom stereocenters. The van der Waals surface area contributed by atoms with Crippen LogP contribution in [0.15, 0.2) is 0 Å². The number of hydrogen-bond donors (Lipinski definition) is 3. The van der Waals surface area contributed by atoms with Gasteiger partial charge in [-0.2, -0.15) is 8.42 Å². The fourth-order valence-electron chi connectivity index (χ4n) is 1.75. The summed E-state index contributed by atoms with van der Waals surface area (Å²) >= 11 is 0. The second-order valence-electron chi connectivity index (χ2n) is 4.71. The topological polar surface area (TPSA) is 121 Å². The summed E-state index contributed by atoms with van der Waals surface area (Å²) in [4.78, 5) is 8.56. The molecular formula is C13H30Na2O7S. The molecule has 0 amide bonds. The van der Waals surface area contributed by atoms with Crippen molar-refractivity contribution < 1.29 is 94.1 Å². The Bertz CT molecular complexity index is 343. The molecule has 0 fully saturated rings. The zero-order valence-electron chi connectivity index (χ0n) is 16.7. The summed E-state index contributed by atoms with van der Waals surface area (Å²) in [6.07, 6.45) is 10.0. The molecule has 3 N–H and O–H groups in total. The largest absolute Gasteiger partial charge is 1.00 e. The van der Waals surface area contributed by atoms with Gasteiger partial charge in [0.15, 0.2) is 0 Å². The molecule has 0 saturated heterocycles. The van der Waals surface area contributed by atoms with Gasteiger partial charge in [-0.25, -0.2) is 8.98 Å². The van der Waals surface area contributed by atoms with E-state index < -0.39 is 16.6 Å². The van der Waals surface area contributed by atoms with E-state index in [4.69, 9.17) is 19.6 Å². The van der Waals surface area contributed by atoms with E-state index in [2.05, 4.69) is 11.1 Å². The first-order chi connectivity index (χ1) is 9.79. The van der Waals surface area contributed by atoms with Crippen molar-refractivity contribution in [2.75, 3.05) is 6.61 Å². The van der Waals surface area contributed by atoms with E-state index in [1.54, 1.807) is 0 Å². The van der Waals surface area contributed by atoms with Crippen molar-refractivity contribution in [3.63, 3.8) is 0 Å². The molecule has 0 aliphatic carbocycles. The summed E-state index contributed by atoms with van der Waals surface area (Å²) in [7, 11) is -4.23. The molecule has 0 aromatic carbocycles. The number of carbonyl (C=O) groups is 1. The normalized spacial score (nSPS) is 9.83. The van der Waals surface area contributed by atoms with Crippen LogP contribution in [-0.4, -0.2) is 35.9 Å². The molecular weight excluding hydrogens is 346 g/mol. The first-order valence-electron chi connectivity index (χ1n) is 7.33. The number of hydrogen-bond acceptors (Lipinski definition) is 4. The van der Waals surface area contributed by atoms with E-state index in [1.807, 2.05) is 0 Å². The number of rotatable bonds is 12. The first-order valence-corrected chi connectivity index (χ1v) is 8.69. The second kappa shape index (κ2) is 23.1. The second-order valence-corrected chi connectivity index (χ2v) is 5.81. The van der Waals surface area contributed by atoms with Gasteiger partial charge < -0.3 is 13.1 Å². The average molecular weight is 376 g/mol. The SMILES string of the molecule is CCCCCCCCCCCCOS(=O)(=O)O.O=C(O)O.[H-].[H-].[Na+].[Na+]. The molecule has 132 valence electrons. The Morgan fingerprint density at radius 3 is 1.48 bits per heavy atom. The molecule has 0 aliphatic heterocycles. The third kappa shape index (κ3) is 45.1. The van der Waals surface area contributed by atoms with Gasteiger partial charge >= 0.3 is 75.7 Å². The van der Waals surface area contributed by atoms with Gasteiger partial charge in [-0.1, -0.05) is 64.7 Å². The van der Waals surface area contributed by atoms with Crippen molar-refractivity contribution in [3.05, 3.63) is 0 Å². The molecule has 7 nitrogen and oxygen atoms in total. The Balaban J connectivity index is -0.000000102. The van der Waals surface area contributed by atoms with Crippen molar-refractivity contribution >= 4 is 16.6 Å². The van der Waals surface area contributed by atoms with E-state index in [0.717, 1.165) is 12.8 Å². The number of carboxylic acid groups (broad SMARTS) is 2. The van der Waals surface area contributed by atoms with Crippen LogP contribution in [0.4, 0.5) is 4.79 Å². The molecule has 0 bridgehead atoms. The third-order valence-electron chi connectivity index (χ3n) is 2.73. The molecule has 0 aromatic rings. The van der Waals surface area contributed by atoms with Crippen LogP contribution < -0.4 is 59.1 Å². The van der Waals surface area contributed by atoms with Gasteiger partial charge in [0.1, 0.15) is 0 Å². The van der Waals surface area contributed by atoms with Crippen molar-refractivity contribution in [1.82, 2.24) is 0 Å². The first kappa shape index (κ1) is 31.9. The predicted molar refractivity (Wildman–Crippen MR) is 82.2 cm³/mol. The zero-order chi connectivity index (χ0) is 16.6. The van der Waals surface area contributed by atoms with E-state index in [-0.39, 0.29) is 68.6 Å². The standard InChI is InChI=1S/C12H26O4S.CH2O3.2Na.2H/c1-2-3-4-5-6-7-8-9-10-11-12-16-17(13,14)15;2-1(3)4;;;;/h2-12H2,1H3,(H,13,14,15);(H2,2,3,4);;;;/q;;2*+1;2*-1. The maximum absolute atomic E-state index is 10.2. The predicted octanol–water partition coefficient (Wildman–Crippen LogP) is -1.82. The van der Waals surface area contributed by atoms with Gasteiger partial charge in [-0.05, 0) is 6.42 Å². The van der Waals surface area contributed by atoms with E-state index in [1.165, 1.54) is 44.9 Å². The summed E-state index contributed by atoms with van der Waals surface area (Å²) in [5.41, 5.74) is 0. The van der Waals surface area contributed by atoms with Crippen LogP contribution in [-0.2, 0) is 14.6 Å². The third-order valence-corrected chi connectivity index (χ3v) is 3.19. The number of unbranched alkanes of at least 4 members (excludes halogenated alkanes) is 9. The molecule has 0 aromatic heterocycles. The summed E-state index contributed by atoms with van der Waals surface area (Å²) in [5.74, 6) is 0. The van der Waals surface area contributed by atoms with Crippen molar-refractivity contribution in [2.24, 2.45) is 0 Å². The molecule has 0 spiro atoms. The molecule has 0 radical (unpaired) electrons. The summed E-state index contributed by atoms with van der Waals surface area (Å²) in [5, 5.41) is 13.9. The average Bonchev–Trinajstić information content (AvgIpc) is 2.34. The quantitative estimate of drug-likeness (QED) is 0.208. The maximum atomic E-state index is 10.2. The van der Waals surface area contributed by atoms with E-state index in [0.29, 0.717) is 6.42 Å². The Morgan fingerprint density at radius 1 is 0.870 bits per heavy atom. The van der Waals surface area contributed by atoms with Crippen LogP contribution in [0, 0.1) is 0 Å². The minimum absolute atomic E-state index is 0. The van der Waals surface area contributed by atoms with Crippen LogP contribution in [0.25, 0.3) is 0 Å². The Hall–Kier alpha value is 1.14. The zero-order valence-corrected chi connectivity index (χ0v) is 19.5. The molecule has 0 saturated carbocycles. The van der Waals surface area contributed by atoms with Crippen molar-refractivity contribution in [2.45, 2.75) is 71.1 Å². The van der Waals surface area contributed by atoms with Gasteiger partial charge in [0.2, 0.25) is 0 Å². The molecule has 0 rings (SSSR count). The summed E-state index contributed by atoms with van der Waals surface area (Å²) in [6, 6.07) is 0. The fourth-order valence-corrected chi connectivity index (χ4v) is 2.08. The minimum atomic E-state index is -4.23. The van der Waals surface area contributed by atoms with Crippen LogP contribution in [0.1, 0.15) is 74.0 Å². The molecule has 0 atom stereocenters. The van der Waals surface area contributed by atoms with Gasteiger partial charge in [-0.3, -0.25) is 4.55 Å². The Labute approximate surface area is 187 Å². The Morgan fingerprint density at radius 2 is 1.17 bits per heavy atom. The van der Waals surface area contributed by atoms with Crippen molar-refractivity contribution in [1.29, 1.82) is 0 Å². The molecule has 23 heavy (non-hydrogen) atoms. The van der Waals surface area contributed by atoms with Crippen LogP contribution in [0.2, 0.25) is 0 Å². The maximum Gasteiger partial charge on any atom is 1.00 e. The fraction of sp³-hybridized carbons (Fsp3) is 0.923. The van der Waals surface area contributed by atoms with Crippen LogP contribution >= 0.6 is 0 Å². The summed E-state index contributed by atoms with van der Waals surface area (Å²) < 4.78 is 33.0. The minimum Gasteiger partial charge on any atom is -1.00 e. The summed E-state index contributed by atoms with van der Waals surface area (Å²) in [6.45, 7) is 2.31. The van der Waals surface area contributed by atoms with E-state index >= 15 is 0 Å². The van der Waals surface area contributed by atoms with Gasteiger partial charge in [-0.15, -0.1) is 0 Å². The molecule has 0 aliphatic rings. The van der Waals surface area contributed by atoms with E-state index in [9.17, 15) is 8.42 Å². The van der Waals surface area contributed by atoms with Crippen LogP contribution in [0.3, 0.4) is 0 Å². The van der Waals surface area contributed by atoms with Crippen molar-refractivity contribution in [3.8, 4) is 0 Å². The van der Waals surface area contributed by atoms with Gasteiger partial charge in [0.05, 0.1) is 6.61 Å². The molecule has 10 heteroatoms. The monoisotopic (exact) mass is 376 g/mol. The Kier molecular flexibility index (Phi) is 32.1.